The Morgan fingerprint density at radius 3 is 2.36 bits per heavy atom. The summed E-state index contributed by atoms with van der Waals surface area (Å²) in [6, 6.07) is 13.5. The lowest BCUT2D eigenvalue weighted by molar-refractivity contribution is 0.501. The number of benzene rings is 2. The van der Waals surface area contributed by atoms with Crippen LogP contribution in [0.15, 0.2) is 48.8 Å². The molecule has 2 aromatic carbocycles. The fourth-order valence-corrected chi connectivity index (χ4v) is 4.20. The third-order valence-corrected chi connectivity index (χ3v) is 5.86. The van der Waals surface area contributed by atoms with Crippen molar-refractivity contribution in [3.63, 3.8) is 0 Å². The summed E-state index contributed by atoms with van der Waals surface area (Å²) in [7, 11) is 0. The minimum Gasteiger partial charge on any atom is -0.356 e. The van der Waals surface area contributed by atoms with E-state index < -0.39 is 0 Å². The molecule has 0 saturated carbocycles. The summed E-state index contributed by atoms with van der Waals surface area (Å²) in [5, 5.41) is 0.159. The third-order valence-electron chi connectivity index (χ3n) is 5.57. The van der Waals surface area contributed by atoms with Crippen LogP contribution in [0.3, 0.4) is 0 Å². The van der Waals surface area contributed by atoms with E-state index in [9.17, 15) is 4.39 Å². The van der Waals surface area contributed by atoms with Crippen molar-refractivity contribution in [2.24, 2.45) is 0 Å². The first-order valence-corrected chi connectivity index (χ1v) is 9.98. The summed E-state index contributed by atoms with van der Waals surface area (Å²) in [4.78, 5) is 10.9. The van der Waals surface area contributed by atoms with Gasteiger partial charge in [-0.25, -0.2) is 14.4 Å². The van der Waals surface area contributed by atoms with Gasteiger partial charge in [0.2, 0.25) is 0 Å². The summed E-state index contributed by atoms with van der Waals surface area (Å²) in [6.07, 6.45) is 3.85. The van der Waals surface area contributed by atoms with Crippen LogP contribution in [0.5, 0.6) is 0 Å². The number of hydrogen-bond acceptors (Lipinski definition) is 3. The number of aromatic nitrogens is 2. The molecule has 1 aliphatic rings. The maximum Gasteiger partial charge on any atom is 0.141 e. The third kappa shape index (κ3) is 3.88. The lowest BCUT2D eigenvalue weighted by Gasteiger charge is -2.33. The largest absolute Gasteiger partial charge is 0.356 e. The molecule has 0 amide bonds. The topological polar surface area (TPSA) is 29.0 Å². The molecular weight excluding hydrogens is 373 g/mol. The van der Waals surface area contributed by atoms with Crippen LogP contribution >= 0.6 is 11.6 Å². The van der Waals surface area contributed by atoms with Crippen molar-refractivity contribution in [1.29, 1.82) is 0 Å². The van der Waals surface area contributed by atoms with Gasteiger partial charge in [0.15, 0.2) is 0 Å². The van der Waals surface area contributed by atoms with Crippen molar-refractivity contribution < 1.29 is 4.39 Å². The molecule has 1 aliphatic heterocycles. The van der Waals surface area contributed by atoms with E-state index in [0.717, 1.165) is 48.6 Å². The summed E-state index contributed by atoms with van der Waals surface area (Å²) in [5.41, 5.74) is 5.68. The quantitative estimate of drug-likeness (QED) is 0.549. The van der Waals surface area contributed by atoms with Crippen LogP contribution in [-0.4, -0.2) is 23.1 Å². The lowest BCUT2D eigenvalue weighted by Crippen LogP contribution is -2.33. The Morgan fingerprint density at radius 1 is 0.964 bits per heavy atom. The van der Waals surface area contributed by atoms with Crippen molar-refractivity contribution in [2.45, 2.75) is 32.6 Å². The molecule has 3 aromatic rings. The molecule has 1 fully saturated rings. The van der Waals surface area contributed by atoms with Gasteiger partial charge in [0.25, 0.3) is 0 Å². The summed E-state index contributed by atoms with van der Waals surface area (Å²) in [6.45, 7) is 6.15. The second-order valence-corrected chi connectivity index (χ2v) is 7.89. The Bertz CT molecular complexity index is 997. The highest BCUT2D eigenvalue weighted by Gasteiger charge is 2.23. The van der Waals surface area contributed by atoms with Crippen LogP contribution < -0.4 is 4.90 Å². The van der Waals surface area contributed by atoms with E-state index in [1.54, 1.807) is 18.5 Å². The zero-order valence-corrected chi connectivity index (χ0v) is 16.9. The molecule has 5 heteroatoms. The molecule has 0 radical (unpaired) electrons. The molecule has 2 heterocycles. The summed E-state index contributed by atoms with van der Waals surface area (Å²) in [5.74, 6) is 1.18. The van der Waals surface area contributed by atoms with Crippen molar-refractivity contribution in [1.82, 2.24) is 9.97 Å². The molecule has 0 bridgehead atoms. The van der Waals surface area contributed by atoms with Gasteiger partial charge < -0.3 is 4.90 Å². The first-order chi connectivity index (χ1) is 13.5. The summed E-state index contributed by atoms with van der Waals surface area (Å²) < 4.78 is 13.4. The highest BCUT2D eigenvalue weighted by Crippen LogP contribution is 2.34. The van der Waals surface area contributed by atoms with Crippen molar-refractivity contribution in [3.8, 4) is 11.1 Å². The van der Waals surface area contributed by atoms with Crippen molar-refractivity contribution in [2.75, 3.05) is 18.0 Å². The van der Waals surface area contributed by atoms with Crippen molar-refractivity contribution in [3.05, 3.63) is 76.5 Å². The Balaban J connectivity index is 1.49. The molecule has 4 rings (SSSR count). The first-order valence-electron chi connectivity index (χ1n) is 9.61. The number of anilines is 1. The molecule has 0 atom stereocenters. The van der Waals surface area contributed by atoms with Gasteiger partial charge >= 0.3 is 0 Å². The van der Waals surface area contributed by atoms with E-state index in [-0.39, 0.29) is 10.8 Å². The molecule has 144 valence electrons. The Kier molecular flexibility index (Phi) is 5.31. The van der Waals surface area contributed by atoms with E-state index in [0.29, 0.717) is 5.92 Å². The molecule has 0 unspecified atom stereocenters. The van der Waals surface area contributed by atoms with E-state index in [4.69, 9.17) is 11.6 Å². The minimum atomic E-state index is -0.385. The van der Waals surface area contributed by atoms with Gasteiger partial charge in [0, 0.05) is 24.8 Å². The number of halogens is 2. The highest BCUT2D eigenvalue weighted by molar-refractivity contribution is 6.31. The maximum atomic E-state index is 13.4. The van der Waals surface area contributed by atoms with Crippen molar-refractivity contribution >= 4 is 17.4 Å². The molecule has 0 spiro atoms. The van der Waals surface area contributed by atoms with Gasteiger partial charge in [-0.05, 0) is 67.0 Å². The molecular formula is C23H23ClFN3. The predicted molar refractivity (Wildman–Crippen MR) is 113 cm³/mol. The van der Waals surface area contributed by atoms with E-state index in [1.165, 1.54) is 17.2 Å². The van der Waals surface area contributed by atoms with Gasteiger partial charge in [0.1, 0.15) is 18.0 Å². The average molecular weight is 396 g/mol. The fraction of sp³-hybridized carbons (Fsp3) is 0.304. The predicted octanol–water partition coefficient (Wildman–Crippen LogP) is 5.94. The molecule has 1 aromatic heterocycles. The smallest absolute Gasteiger partial charge is 0.141 e. The molecule has 0 N–H and O–H groups in total. The molecule has 1 saturated heterocycles. The van der Waals surface area contributed by atoms with Crippen LogP contribution in [0.1, 0.15) is 35.6 Å². The van der Waals surface area contributed by atoms with E-state index in [2.05, 4.69) is 40.0 Å². The van der Waals surface area contributed by atoms with Gasteiger partial charge in [-0.2, -0.15) is 0 Å². The second kappa shape index (κ2) is 7.88. The van der Waals surface area contributed by atoms with Crippen LogP contribution in [-0.2, 0) is 0 Å². The number of hydrogen-bond donors (Lipinski definition) is 0. The van der Waals surface area contributed by atoms with Crippen LogP contribution in [0.4, 0.5) is 10.2 Å². The van der Waals surface area contributed by atoms with E-state index >= 15 is 0 Å². The van der Waals surface area contributed by atoms with Gasteiger partial charge in [0.05, 0.1) is 5.02 Å². The molecule has 3 nitrogen and oxygen atoms in total. The van der Waals surface area contributed by atoms with Gasteiger partial charge in [-0.15, -0.1) is 0 Å². The van der Waals surface area contributed by atoms with Gasteiger partial charge in [-0.1, -0.05) is 35.9 Å². The van der Waals surface area contributed by atoms with Crippen LogP contribution in [0.2, 0.25) is 5.02 Å². The Hall–Kier alpha value is -2.46. The fourth-order valence-electron chi connectivity index (χ4n) is 4.02. The lowest BCUT2D eigenvalue weighted by atomic mass is 9.85. The highest BCUT2D eigenvalue weighted by atomic mass is 35.5. The number of aryl methyl sites for hydroxylation is 2. The SMILES string of the molecule is Cc1cc(N2CCC(c3ccc(-c4ccc(F)c(Cl)c4)cc3C)CC2)ncn1. The van der Waals surface area contributed by atoms with E-state index in [1.807, 2.05) is 13.0 Å². The Labute approximate surface area is 170 Å². The Morgan fingerprint density at radius 2 is 1.68 bits per heavy atom. The monoisotopic (exact) mass is 395 g/mol. The van der Waals surface area contributed by atoms with Crippen LogP contribution in [0, 0.1) is 19.7 Å². The zero-order valence-electron chi connectivity index (χ0n) is 16.1. The number of piperidine rings is 1. The first kappa shape index (κ1) is 18.9. The minimum absolute atomic E-state index is 0.159. The number of rotatable bonds is 3. The molecule has 28 heavy (non-hydrogen) atoms. The van der Waals surface area contributed by atoms with Gasteiger partial charge in [-0.3, -0.25) is 0 Å². The standard InChI is InChI=1S/C23H23ClFN3/c1-15-11-18(19-4-6-22(25)21(24)13-19)3-5-20(15)17-7-9-28(10-8-17)23-12-16(2)26-14-27-23/h3-6,11-14,17H,7-10H2,1-2H3. The maximum absolute atomic E-state index is 13.4. The second-order valence-electron chi connectivity index (χ2n) is 7.48. The summed E-state index contributed by atoms with van der Waals surface area (Å²) >= 11 is 5.94. The normalized spacial score (nSPS) is 15.1. The average Bonchev–Trinajstić information content (AvgIpc) is 2.70. The number of nitrogens with zero attached hydrogens (tertiary/aromatic N) is 3. The zero-order chi connectivity index (χ0) is 19.7. The molecule has 0 aliphatic carbocycles. The van der Waals surface area contributed by atoms with Crippen LogP contribution in [0.25, 0.3) is 11.1 Å².